The number of carbonyl (C=O) groups is 1. The molecule has 0 bridgehead atoms. The molecule has 0 aromatic heterocycles. The van der Waals surface area contributed by atoms with Crippen LogP contribution in [0.15, 0.2) is 18.2 Å². The van der Waals surface area contributed by atoms with Crippen LogP contribution in [0, 0.1) is 3.57 Å². The van der Waals surface area contributed by atoms with Gasteiger partial charge in [-0.2, -0.15) is 0 Å². The van der Waals surface area contributed by atoms with Gasteiger partial charge in [0, 0.05) is 15.7 Å². The summed E-state index contributed by atoms with van der Waals surface area (Å²) in [4.78, 5) is 11.4. The summed E-state index contributed by atoms with van der Waals surface area (Å²) in [5.41, 5.74) is 2.15. The zero-order chi connectivity index (χ0) is 13.5. The monoisotopic (exact) mass is 376 g/mol. The van der Waals surface area contributed by atoms with Gasteiger partial charge < -0.3 is 10.6 Å². The normalized spacial score (nSPS) is 9.94. The highest BCUT2D eigenvalue weighted by Gasteiger charge is 2.06. The van der Waals surface area contributed by atoms with E-state index in [1.807, 2.05) is 19.1 Å². The van der Waals surface area contributed by atoms with Crippen molar-refractivity contribution in [2.45, 2.75) is 33.1 Å². The first-order valence-corrected chi connectivity index (χ1v) is 7.44. The molecule has 0 saturated heterocycles. The molecule has 5 heteroatoms. The molecule has 0 aliphatic heterocycles. The van der Waals surface area contributed by atoms with Gasteiger partial charge in [-0.05, 0) is 71.4 Å². The molecule has 0 heterocycles. The van der Waals surface area contributed by atoms with Crippen molar-refractivity contribution in [2.75, 3.05) is 5.32 Å². The van der Waals surface area contributed by atoms with Crippen molar-refractivity contribution in [2.24, 2.45) is 0 Å². The highest BCUT2D eigenvalue weighted by molar-refractivity contribution is 14.1. The Balaban J connectivity index is 2.67. The molecular formula is C13H17IN2OS. The molecule has 0 atom stereocenters. The van der Waals surface area contributed by atoms with E-state index >= 15 is 0 Å². The summed E-state index contributed by atoms with van der Waals surface area (Å²) in [6.45, 7) is 4.06. The van der Waals surface area contributed by atoms with Gasteiger partial charge in [0.15, 0.2) is 5.11 Å². The largest absolute Gasteiger partial charge is 0.332 e. The van der Waals surface area contributed by atoms with E-state index < -0.39 is 0 Å². The van der Waals surface area contributed by atoms with Gasteiger partial charge in [-0.25, -0.2) is 0 Å². The molecule has 1 aromatic carbocycles. The van der Waals surface area contributed by atoms with E-state index in [4.69, 9.17) is 12.2 Å². The van der Waals surface area contributed by atoms with Crippen LogP contribution < -0.4 is 10.6 Å². The van der Waals surface area contributed by atoms with Gasteiger partial charge in [-0.1, -0.05) is 13.8 Å². The number of thiocarbonyl (C=S) groups is 1. The lowest BCUT2D eigenvalue weighted by Gasteiger charge is -2.13. The molecule has 0 saturated carbocycles. The second kappa shape index (κ2) is 7.68. The summed E-state index contributed by atoms with van der Waals surface area (Å²) < 4.78 is 1.19. The Bertz CT molecular complexity index is 449. The number of hydrogen-bond acceptors (Lipinski definition) is 2. The van der Waals surface area contributed by atoms with Crippen LogP contribution in [-0.2, 0) is 11.2 Å². The number of aryl methyl sites for hydroxylation is 1. The van der Waals surface area contributed by atoms with Crippen LogP contribution in [0.4, 0.5) is 5.69 Å². The molecule has 98 valence electrons. The molecule has 1 amide bonds. The standard InChI is InChI=1S/C13H17IN2OS/c1-3-5-12(17)16-13(18)15-11-7-6-10(14)8-9(11)4-2/h6-8H,3-5H2,1-2H3,(H2,15,16,17,18). The first kappa shape index (κ1) is 15.4. The van der Waals surface area contributed by atoms with E-state index in [2.05, 4.69) is 46.2 Å². The number of rotatable bonds is 4. The highest BCUT2D eigenvalue weighted by Crippen LogP contribution is 2.19. The van der Waals surface area contributed by atoms with Gasteiger partial charge in [-0.3, -0.25) is 4.79 Å². The number of carbonyl (C=O) groups excluding carboxylic acids is 1. The smallest absolute Gasteiger partial charge is 0.226 e. The topological polar surface area (TPSA) is 41.1 Å². The Morgan fingerprint density at radius 3 is 2.72 bits per heavy atom. The van der Waals surface area contributed by atoms with Crippen molar-refractivity contribution >= 4 is 51.5 Å². The maximum Gasteiger partial charge on any atom is 0.226 e. The van der Waals surface area contributed by atoms with Crippen LogP contribution in [0.2, 0.25) is 0 Å². The van der Waals surface area contributed by atoms with Crippen LogP contribution in [0.25, 0.3) is 0 Å². The lowest BCUT2D eigenvalue weighted by molar-refractivity contribution is -0.119. The van der Waals surface area contributed by atoms with E-state index in [9.17, 15) is 4.79 Å². The van der Waals surface area contributed by atoms with E-state index in [1.54, 1.807) is 0 Å². The summed E-state index contributed by atoms with van der Waals surface area (Å²) in [6.07, 6.45) is 2.23. The fourth-order valence-electron chi connectivity index (χ4n) is 1.55. The number of nitrogens with one attached hydrogen (secondary N) is 2. The molecule has 3 nitrogen and oxygen atoms in total. The Morgan fingerprint density at radius 2 is 2.11 bits per heavy atom. The lowest BCUT2D eigenvalue weighted by atomic mass is 10.1. The van der Waals surface area contributed by atoms with Gasteiger partial charge in [0.25, 0.3) is 0 Å². The average molecular weight is 376 g/mol. The van der Waals surface area contributed by atoms with Crippen molar-refractivity contribution in [1.82, 2.24) is 5.32 Å². The third-order valence-corrected chi connectivity index (χ3v) is 3.30. The van der Waals surface area contributed by atoms with Gasteiger partial charge in [0.2, 0.25) is 5.91 Å². The molecule has 0 aliphatic carbocycles. The molecule has 1 aromatic rings. The molecule has 0 aliphatic rings. The van der Waals surface area contributed by atoms with Gasteiger partial charge in [-0.15, -0.1) is 0 Å². The second-order valence-electron chi connectivity index (χ2n) is 3.91. The van der Waals surface area contributed by atoms with Crippen LogP contribution in [0.3, 0.4) is 0 Å². The Labute approximate surface area is 127 Å². The third-order valence-electron chi connectivity index (χ3n) is 2.43. The molecular weight excluding hydrogens is 359 g/mol. The average Bonchev–Trinajstić information content (AvgIpc) is 2.31. The first-order valence-electron chi connectivity index (χ1n) is 5.96. The summed E-state index contributed by atoms with van der Waals surface area (Å²) in [5.74, 6) is -0.0430. The lowest BCUT2D eigenvalue weighted by Crippen LogP contribution is -2.34. The van der Waals surface area contributed by atoms with Crippen molar-refractivity contribution in [3.8, 4) is 0 Å². The van der Waals surface area contributed by atoms with Crippen molar-refractivity contribution in [3.63, 3.8) is 0 Å². The van der Waals surface area contributed by atoms with Crippen molar-refractivity contribution < 1.29 is 4.79 Å². The summed E-state index contributed by atoms with van der Waals surface area (Å²) >= 11 is 7.40. The van der Waals surface area contributed by atoms with Gasteiger partial charge >= 0.3 is 0 Å². The number of halogens is 1. The van der Waals surface area contributed by atoms with E-state index in [1.165, 1.54) is 9.13 Å². The number of amides is 1. The van der Waals surface area contributed by atoms with E-state index in [0.717, 1.165) is 18.5 Å². The van der Waals surface area contributed by atoms with Crippen LogP contribution in [-0.4, -0.2) is 11.0 Å². The zero-order valence-corrected chi connectivity index (χ0v) is 13.5. The molecule has 18 heavy (non-hydrogen) atoms. The molecule has 1 rings (SSSR count). The highest BCUT2D eigenvalue weighted by atomic mass is 127. The van der Waals surface area contributed by atoms with Crippen molar-refractivity contribution in [1.29, 1.82) is 0 Å². The minimum absolute atomic E-state index is 0.0430. The Hall–Kier alpha value is -0.690. The summed E-state index contributed by atoms with van der Waals surface area (Å²) in [6, 6.07) is 6.11. The number of anilines is 1. The first-order chi connectivity index (χ1) is 8.56. The molecule has 0 spiro atoms. The third kappa shape index (κ3) is 4.89. The van der Waals surface area contributed by atoms with Crippen LogP contribution in [0.1, 0.15) is 32.3 Å². The van der Waals surface area contributed by atoms with Gasteiger partial charge in [0.1, 0.15) is 0 Å². The minimum Gasteiger partial charge on any atom is -0.332 e. The predicted octanol–water partition coefficient (Wildman–Crippen LogP) is 3.47. The number of hydrogen-bond donors (Lipinski definition) is 2. The van der Waals surface area contributed by atoms with Gasteiger partial charge in [0.05, 0.1) is 0 Å². The predicted molar refractivity (Wildman–Crippen MR) is 87.8 cm³/mol. The maximum atomic E-state index is 11.4. The van der Waals surface area contributed by atoms with E-state index in [-0.39, 0.29) is 5.91 Å². The maximum absolute atomic E-state index is 11.4. The van der Waals surface area contributed by atoms with Crippen LogP contribution >= 0.6 is 34.8 Å². The summed E-state index contributed by atoms with van der Waals surface area (Å²) in [7, 11) is 0. The van der Waals surface area contributed by atoms with Crippen LogP contribution in [0.5, 0.6) is 0 Å². The van der Waals surface area contributed by atoms with E-state index in [0.29, 0.717) is 11.5 Å². The Kier molecular flexibility index (Phi) is 6.56. The fraction of sp³-hybridized carbons (Fsp3) is 0.385. The Morgan fingerprint density at radius 1 is 1.39 bits per heavy atom. The molecule has 0 fully saturated rings. The second-order valence-corrected chi connectivity index (χ2v) is 5.56. The molecule has 0 unspecified atom stereocenters. The number of benzene rings is 1. The molecule has 2 N–H and O–H groups in total. The zero-order valence-electron chi connectivity index (χ0n) is 10.5. The molecule has 0 radical (unpaired) electrons. The van der Waals surface area contributed by atoms with Crippen molar-refractivity contribution in [3.05, 3.63) is 27.3 Å². The summed E-state index contributed by atoms with van der Waals surface area (Å²) in [5, 5.41) is 6.11. The quantitative estimate of drug-likeness (QED) is 0.625. The SMILES string of the molecule is CCCC(=O)NC(=S)Nc1ccc(I)cc1CC. The minimum atomic E-state index is -0.0430. The fourth-order valence-corrected chi connectivity index (χ4v) is 2.33.